The number of hydrogen-bond acceptors (Lipinski definition) is 2. The monoisotopic (exact) mass is 192 g/mol. The van der Waals surface area contributed by atoms with Crippen LogP contribution in [0, 0.1) is 5.82 Å². The van der Waals surface area contributed by atoms with Crippen LogP contribution in [0.2, 0.25) is 5.02 Å². The molecule has 0 amide bonds. The predicted octanol–water partition coefficient (Wildman–Crippen LogP) is 2.52. The van der Waals surface area contributed by atoms with Gasteiger partial charge in [-0.3, -0.25) is 0 Å². The van der Waals surface area contributed by atoms with Crippen molar-refractivity contribution in [1.29, 1.82) is 0 Å². The molecule has 0 aromatic heterocycles. The fourth-order valence-corrected chi connectivity index (χ4v) is 1.55. The molecule has 0 saturated carbocycles. The van der Waals surface area contributed by atoms with Gasteiger partial charge in [-0.25, -0.2) is 4.39 Å². The maximum absolute atomic E-state index is 12.8. The molecular formula is C7H6ClFOS. The van der Waals surface area contributed by atoms with Crippen LogP contribution in [-0.4, -0.2) is 11.0 Å². The molecule has 1 N–H and O–H groups in total. The van der Waals surface area contributed by atoms with Crippen molar-refractivity contribution in [3.63, 3.8) is 0 Å². The fraction of sp³-hybridized carbons (Fsp3) is 0.143. The minimum Gasteiger partial charge on any atom is -0.385 e. The molecule has 1 rings (SSSR count). The topological polar surface area (TPSA) is 20.2 Å². The van der Waals surface area contributed by atoms with Gasteiger partial charge in [0.2, 0.25) is 0 Å². The Morgan fingerprint density at radius 2 is 2.27 bits per heavy atom. The lowest BCUT2D eigenvalue weighted by molar-refractivity contribution is 0.375. The van der Waals surface area contributed by atoms with E-state index in [9.17, 15) is 4.39 Å². The summed E-state index contributed by atoms with van der Waals surface area (Å²) in [4.78, 5) is 0.302. The van der Waals surface area contributed by atoms with E-state index in [1.165, 1.54) is 12.1 Å². The van der Waals surface area contributed by atoms with Crippen molar-refractivity contribution in [2.24, 2.45) is 0 Å². The summed E-state index contributed by atoms with van der Waals surface area (Å²) in [6, 6.07) is 4.42. The number of hydrogen-bond donors (Lipinski definition) is 1. The molecule has 0 aliphatic heterocycles. The van der Waals surface area contributed by atoms with E-state index in [2.05, 4.69) is 0 Å². The smallest absolute Gasteiger partial charge is 0.138 e. The van der Waals surface area contributed by atoms with Gasteiger partial charge in [0, 0.05) is 0 Å². The Bertz CT molecular complexity index is 234. The lowest BCUT2D eigenvalue weighted by Crippen LogP contribution is -1.83. The van der Waals surface area contributed by atoms with Gasteiger partial charge in [-0.1, -0.05) is 29.4 Å². The van der Waals surface area contributed by atoms with E-state index in [-0.39, 0.29) is 5.94 Å². The Kier molecular flexibility index (Phi) is 3.17. The maximum Gasteiger partial charge on any atom is 0.138 e. The lowest BCUT2D eigenvalue weighted by atomic mass is 10.3. The summed E-state index contributed by atoms with van der Waals surface area (Å²) in [6.07, 6.45) is 0. The Morgan fingerprint density at radius 1 is 1.55 bits per heavy atom. The molecule has 0 bridgehead atoms. The van der Waals surface area contributed by atoms with Crippen molar-refractivity contribution >= 4 is 23.4 Å². The summed E-state index contributed by atoms with van der Waals surface area (Å²) in [5.74, 6) is -0.558. The van der Waals surface area contributed by atoms with Crippen LogP contribution in [0.4, 0.5) is 4.39 Å². The third-order valence-electron chi connectivity index (χ3n) is 1.13. The van der Waals surface area contributed by atoms with Gasteiger partial charge in [0.1, 0.15) is 5.82 Å². The average Bonchev–Trinajstić information content (AvgIpc) is 1.97. The molecule has 0 aliphatic rings. The second-order valence-electron chi connectivity index (χ2n) is 1.82. The minimum absolute atomic E-state index is 0.166. The van der Waals surface area contributed by atoms with Crippen LogP contribution in [0.5, 0.6) is 0 Å². The largest absolute Gasteiger partial charge is 0.385 e. The minimum atomic E-state index is -0.392. The highest BCUT2D eigenvalue weighted by molar-refractivity contribution is 7.99. The van der Waals surface area contributed by atoms with E-state index in [1.54, 1.807) is 6.07 Å². The molecule has 0 unspecified atom stereocenters. The molecule has 0 saturated heterocycles. The second kappa shape index (κ2) is 3.95. The molecule has 0 atom stereocenters. The highest BCUT2D eigenvalue weighted by Gasteiger charge is 2.05. The number of thioether (sulfide) groups is 1. The van der Waals surface area contributed by atoms with Crippen LogP contribution in [-0.2, 0) is 0 Å². The molecule has 0 aliphatic carbocycles. The van der Waals surface area contributed by atoms with Crippen molar-refractivity contribution in [3.8, 4) is 0 Å². The molecule has 4 heteroatoms. The van der Waals surface area contributed by atoms with Crippen molar-refractivity contribution in [2.45, 2.75) is 4.90 Å². The lowest BCUT2D eigenvalue weighted by Gasteiger charge is -2.01. The number of aliphatic hydroxyl groups excluding tert-OH is 1. The summed E-state index contributed by atoms with van der Waals surface area (Å²) in [7, 11) is 0. The van der Waals surface area contributed by atoms with Crippen LogP contribution >= 0.6 is 23.4 Å². The second-order valence-corrected chi connectivity index (χ2v) is 3.19. The van der Waals surface area contributed by atoms with Gasteiger partial charge in [0.15, 0.2) is 0 Å². The number of aliphatic hydroxyl groups is 1. The molecule has 60 valence electrons. The molecule has 0 heterocycles. The third kappa shape index (κ3) is 2.09. The van der Waals surface area contributed by atoms with Gasteiger partial charge in [-0.15, -0.1) is 0 Å². The van der Waals surface area contributed by atoms with Gasteiger partial charge in [-0.05, 0) is 12.1 Å². The summed E-state index contributed by atoms with van der Waals surface area (Å²) in [5.41, 5.74) is 0. The Balaban J connectivity index is 3.00. The fourth-order valence-electron chi connectivity index (χ4n) is 0.685. The van der Waals surface area contributed by atoms with E-state index < -0.39 is 5.82 Å². The zero-order chi connectivity index (χ0) is 8.27. The number of rotatable bonds is 2. The highest BCUT2D eigenvalue weighted by Crippen LogP contribution is 2.28. The highest BCUT2D eigenvalue weighted by atomic mass is 35.5. The first-order valence-corrected chi connectivity index (χ1v) is 4.29. The van der Waals surface area contributed by atoms with Gasteiger partial charge in [-0.2, -0.15) is 0 Å². The van der Waals surface area contributed by atoms with E-state index >= 15 is 0 Å². The van der Waals surface area contributed by atoms with Crippen LogP contribution in [0.25, 0.3) is 0 Å². The molecule has 0 spiro atoms. The molecule has 1 aromatic carbocycles. The standard InChI is InChI=1S/C7H6ClFOS/c8-5-2-1-3-6(9)7(5)11-4-10/h1-3,10H,4H2. The molecular weight excluding hydrogens is 187 g/mol. The van der Waals surface area contributed by atoms with E-state index in [4.69, 9.17) is 16.7 Å². The number of halogens is 2. The Morgan fingerprint density at radius 3 is 2.82 bits per heavy atom. The zero-order valence-corrected chi connectivity index (χ0v) is 7.12. The first-order valence-electron chi connectivity index (χ1n) is 2.93. The Labute approximate surface area is 73.2 Å². The van der Waals surface area contributed by atoms with E-state index in [0.29, 0.717) is 9.92 Å². The third-order valence-corrected chi connectivity index (χ3v) is 2.39. The van der Waals surface area contributed by atoms with Gasteiger partial charge >= 0.3 is 0 Å². The van der Waals surface area contributed by atoms with Crippen LogP contribution in [0.15, 0.2) is 23.1 Å². The first-order chi connectivity index (χ1) is 5.25. The van der Waals surface area contributed by atoms with Crippen molar-refractivity contribution in [1.82, 2.24) is 0 Å². The van der Waals surface area contributed by atoms with Crippen LogP contribution in [0.1, 0.15) is 0 Å². The van der Waals surface area contributed by atoms with Crippen molar-refractivity contribution in [3.05, 3.63) is 29.0 Å². The summed E-state index contributed by atoms with van der Waals surface area (Å²) >= 11 is 6.61. The van der Waals surface area contributed by atoms with Crippen molar-refractivity contribution < 1.29 is 9.50 Å². The molecule has 11 heavy (non-hydrogen) atoms. The van der Waals surface area contributed by atoms with Gasteiger partial charge in [0.25, 0.3) is 0 Å². The van der Waals surface area contributed by atoms with Gasteiger partial charge in [0.05, 0.1) is 15.9 Å². The Hall–Kier alpha value is -0.250. The predicted molar refractivity (Wildman–Crippen MR) is 44.4 cm³/mol. The molecule has 1 nitrogen and oxygen atoms in total. The quantitative estimate of drug-likeness (QED) is 0.574. The maximum atomic E-state index is 12.8. The summed E-state index contributed by atoms with van der Waals surface area (Å²) in [5, 5.41) is 8.84. The average molecular weight is 193 g/mol. The molecule has 1 aromatic rings. The van der Waals surface area contributed by atoms with E-state index in [1.807, 2.05) is 0 Å². The first kappa shape index (κ1) is 8.84. The normalized spacial score (nSPS) is 10.1. The van der Waals surface area contributed by atoms with E-state index in [0.717, 1.165) is 11.8 Å². The van der Waals surface area contributed by atoms with Crippen molar-refractivity contribution in [2.75, 3.05) is 5.94 Å². The van der Waals surface area contributed by atoms with Crippen LogP contribution in [0.3, 0.4) is 0 Å². The zero-order valence-electron chi connectivity index (χ0n) is 5.55. The number of benzene rings is 1. The molecule has 0 radical (unpaired) electrons. The van der Waals surface area contributed by atoms with Crippen LogP contribution < -0.4 is 0 Å². The SMILES string of the molecule is OCSc1c(F)cccc1Cl. The molecule has 0 fully saturated rings. The summed E-state index contributed by atoms with van der Waals surface area (Å²) < 4.78 is 12.8. The summed E-state index contributed by atoms with van der Waals surface area (Å²) in [6.45, 7) is 0. The van der Waals surface area contributed by atoms with Gasteiger partial charge < -0.3 is 5.11 Å².